The van der Waals surface area contributed by atoms with Gasteiger partial charge in [-0.2, -0.15) is 0 Å². The highest BCUT2D eigenvalue weighted by molar-refractivity contribution is 7.30. The summed E-state index contributed by atoms with van der Waals surface area (Å²) < 4.78 is 65.2. The smallest absolute Gasteiger partial charge is 0.348 e. The Morgan fingerprint density at radius 3 is 0.843 bits per heavy atom. The lowest BCUT2D eigenvalue weighted by atomic mass is 10.3. The molecular formula is C50H62O14S6. The third-order valence-corrected chi connectivity index (χ3v) is 17.2. The minimum absolute atomic E-state index is 0.153. The van der Waals surface area contributed by atoms with Crippen LogP contribution in [0.15, 0.2) is 72.8 Å². The van der Waals surface area contributed by atoms with Gasteiger partial charge in [-0.3, -0.25) is 0 Å². The highest BCUT2D eigenvalue weighted by Gasteiger charge is 2.18. The van der Waals surface area contributed by atoms with Crippen molar-refractivity contribution >= 4 is 80.0 Å². The van der Waals surface area contributed by atoms with Crippen molar-refractivity contribution in [2.45, 2.75) is 26.1 Å². The molecular weight excluding hydrogens is 1020 g/mol. The van der Waals surface area contributed by atoms with Crippen molar-refractivity contribution in [3.8, 4) is 48.8 Å². The molecule has 0 aliphatic heterocycles. The molecule has 6 heterocycles. The van der Waals surface area contributed by atoms with E-state index in [4.69, 9.17) is 56.8 Å². The van der Waals surface area contributed by atoms with Crippen molar-refractivity contribution in [3.05, 3.63) is 82.6 Å². The molecule has 6 rings (SSSR count). The first kappa shape index (κ1) is 56.0. The lowest BCUT2D eigenvalue weighted by Crippen LogP contribution is -2.21. The number of esters is 2. The topological polar surface area (TPSA) is 145 Å². The zero-order chi connectivity index (χ0) is 49.2. The van der Waals surface area contributed by atoms with Crippen LogP contribution in [0.3, 0.4) is 0 Å². The van der Waals surface area contributed by atoms with Crippen molar-refractivity contribution in [1.82, 2.24) is 0 Å². The molecule has 0 saturated heterocycles. The maximum absolute atomic E-state index is 12.9. The lowest BCUT2D eigenvalue weighted by molar-refractivity contribution is -0.0336. The van der Waals surface area contributed by atoms with E-state index in [1.807, 2.05) is 38.1 Å². The van der Waals surface area contributed by atoms with Crippen LogP contribution in [-0.2, 0) is 56.8 Å². The van der Waals surface area contributed by atoms with E-state index in [1.54, 1.807) is 59.6 Å². The van der Waals surface area contributed by atoms with Gasteiger partial charge in [-0.05, 0) is 86.6 Å². The Morgan fingerprint density at radius 2 is 0.571 bits per heavy atom. The minimum atomic E-state index is -0.361. The van der Waals surface area contributed by atoms with E-state index in [9.17, 15) is 9.59 Å². The first-order valence-electron chi connectivity index (χ1n) is 22.9. The molecule has 20 heteroatoms. The molecule has 0 saturated carbocycles. The highest BCUT2D eigenvalue weighted by atomic mass is 32.1. The lowest BCUT2D eigenvalue weighted by Gasteiger charge is -2.13. The zero-order valence-electron chi connectivity index (χ0n) is 40.0. The summed E-state index contributed by atoms with van der Waals surface area (Å²) in [6.07, 6.45) is -0.528. The second kappa shape index (κ2) is 32.0. The second-order valence-electron chi connectivity index (χ2n) is 15.2. The summed E-state index contributed by atoms with van der Waals surface area (Å²) in [6, 6.07) is 24.8. The van der Waals surface area contributed by atoms with E-state index in [1.165, 1.54) is 51.9 Å². The average molecular weight is 1080 g/mol. The Morgan fingerprint density at radius 1 is 0.343 bits per heavy atom. The summed E-state index contributed by atoms with van der Waals surface area (Å²) in [5.74, 6) is -0.722. The molecule has 0 unspecified atom stereocenters. The Kier molecular flexibility index (Phi) is 25.6. The van der Waals surface area contributed by atoms with Crippen LogP contribution in [0.4, 0.5) is 0 Å². The summed E-state index contributed by atoms with van der Waals surface area (Å²) in [4.78, 5) is 38.2. The quantitative estimate of drug-likeness (QED) is 0.0269. The predicted octanol–water partition coefficient (Wildman–Crippen LogP) is 10.9. The molecule has 70 heavy (non-hydrogen) atoms. The van der Waals surface area contributed by atoms with Gasteiger partial charge < -0.3 is 56.8 Å². The van der Waals surface area contributed by atoms with Crippen LogP contribution in [0.1, 0.15) is 33.2 Å². The molecule has 0 radical (unpaired) electrons. The number of hydrogen-bond acceptors (Lipinski definition) is 20. The molecule has 0 fully saturated rings. The van der Waals surface area contributed by atoms with E-state index in [0.717, 1.165) is 19.5 Å². The van der Waals surface area contributed by atoms with Crippen molar-refractivity contribution in [3.63, 3.8) is 0 Å². The first-order valence-corrected chi connectivity index (χ1v) is 27.8. The number of methoxy groups -OCH3 is 2. The van der Waals surface area contributed by atoms with Crippen LogP contribution >= 0.6 is 68.0 Å². The van der Waals surface area contributed by atoms with Crippen LogP contribution < -0.4 is 0 Å². The largest absolute Gasteiger partial charge is 0.459 e. The van der Waals surface area contributed by atoms with Gasteiger partial charge in [0.2, 0.25) is 0 Å². The summed E-state index contributed by atoms with van der Waals surface area (Å²) in [5, 5.41) is 0. The number of thiophene rings is 6. The fraction of sp³-hybridized carbons (Fsp3) is 0.480. The molecule has 6 aromatic rings. The molecule has 2 atom stereocenters. The molecule has 0 aromatic carbocycles. The first-order chi connectivity index (χ1) is 34.3. The molecule has 0 bridgehead atoms. The summed E-state index contributed by atoms with van der Waals surface area (Å²) in [7, 11) is 3.28. The van der Waals surface area contributed by atoms with Crippen molar-refractivity contribution < 1.29 is 66.4 Å². The number of hydrogen-bond donors (Lipinski definition) is 0. The van der Waals surface area contributed by atoms with E-state index in [2.05, 4.69) is 48.5 Å². The van der Waals surface area contributed by atoms with Crippen molar-refractivity contribution in [1.29, 1.82) is 0 Å². The van der Waals surface area contributed by atoms with Crippen LogP contribution in [0.2, 0.25) is 0 Å². The zero-order valence-corrected chi connectivity index (χ0v) is 44.9. The maximum atomic E-state index is 12.9. The van der Waals surface area contributed by atoms with Gasteiger partial charge in [0.15, 0.2) is 0 Å². The Bertz CT molecular complexity index is 2210. The van der Waals surface area contributed by atoms with Crippen molar-refractivity contribution in [2.75, 3.05) is 133 Å². The molecule has 6 aromatic heterocycles. The van der Waals surface area contributed by atoms with Gasteiger partial charge in [0, 0.05) is 63.0 Å². The molecule has 0 spiro atoms. The molecule has 0 N–H and O–H groups in total. The Labute approximate surface area is 434 Å². The third kappa shape index (κ3) is 19.3. The highest BCUT2D eigenvalue weighted by Crippen LogP contribution is 2.46. The normalized spacial score (nSPS) is 12.5. The number of carbonyl (C=O) groups excluding carboxylic acids is 2. The van der Waals surface area contributed by atoms with Crippen LogP contribution in [0.25, 0.3) is 48.8 Å². The van der Waals surface area contributed by atoms with Gasteiger partial charge in [0.05, 0.1) is 118 Å². The van der Waals surface area contributed by atoms with Gasteiger partial charge in [-0.1, -0.05) is 0 Å². The maximum Gasteiger partial charge on any atom is 0.348 e. The third-order valence-electron chi connectivity index (χ3n) is 9.76. The summed E-state index contributed by atoms with van der Waals surface area (Å²) in [6.45, 7) is 11.9. The van der Waals surface area contributed by atoms with Gasteiger partial charge in [0.1, 0.15) is 23.0 Å². The van der Waals surface area contributed by atoms with Gasteiger partial charge in [0.25, 0.3) is 0 Å². The summed E-state index contributed by atoms with van der Waals surface area (Å²) >= 11 is 9.81. The SMILES string of the molecule is COCCOCCOCCOCCO[C@@H](C)COC(=O)c1ccc(-c2ccc(-c3ccc(-c4ccc(-c5ccc(-c6ccc(C(=O)OC[C@H](C)OCCOCCOCCOCCOC)s6)s5)s4)s3)s2)s1. The van der Waals surface area contributed by atoms with Gasteiger partial charge >= 0.3 is 11.9 Å². The molecule has 0 aliphatic rings. The molecule has 0 amide bonds. The molecule has 382 valence electrons. The Balaban J connectivity index is 0.873. The fourth-order valence-electron chi connectivity index (χ4n) is 6.18. The number of carbonyl (C=O) groups is 2. The van der Waals surface area contributed by atoms with Crippen molar-refractivity contribution in [2.24, 2.45) is 0 Å². The van der Waals surface area contributed by atoms with Crippen LogP contribution in [-0.4, -0.2) is 157 Å². The minimum Gasteiger partial charge on any atom is -0.459 e. The van der Waals surface area contributed by atoms with E-state index >= 15 is 0 Å². The van der Waals surface area contributed by atoms with Crippen LogP contribution in [0.5, 0.6) is 0 Å². The second-order valence-corrected chi connectivity index (χ2v) is 21.7. The van der Waals surface area contributed by atoms with E-state index in [-0.39, 0.29) is 37.4 Å². The Hall–Kier alpha value is -3.26. The predicted molar refractivity (Wildman–Crippen MR) is 281 cm³/mol. The van der Waals surface area contributed by atoms with E-state index < -0.39 is 0 Å². The monoisotopic (exact) mass is 1080 g/mol. The molecule has 0 aliphatic carbocycles. The van der Waals surface area contributed by atoms with Gasteiger partial charge in [-0.25, -0.2) is 9.59 Å². The molecule has 14 nitrogen and oxygen atoms in total. The number of ether oxygens (including phenoxy) is 12. The number of rotatable bonds is 37. The van der Waals surface area contributed by atoms with Gasteiger partial charge in [-0.15, -0.1) is 68.0 Å². The van der Waals surface area contributed by atoms with E-state index in [0.29, 0.717) is 115 Å². The summed E-state index contributed by atoms with van der Waals surface area (Å²) in [5.41, 5.74) is 0. The fourth-order valence-corrected chi connectivity index (χ4v) is 12.5. The van der Waals surface area contributed by atoms with Crippen LogP contribution in [0, 0.1) is 0 Å². The standard InChI is InChI=1S/C50H62O14S6/c1-35(61-31-29-59-27-25-57-23-21-55-19-17-53-3)33-63-49(51)47-15-13-45(69-47)43-11-9-41(67-43)39-7-5-37(65-39)38-6-8-40(66-38)42-10-12-44(68-42)46-14-16-48(70-46)50(52)64-34-36(2)62-32-30-60-28-26-58-24-22-56-20-18-54-4/h5-16,35-36H,17-34H2,1-4H3/t35-,36-/m0/s1. The average Bonchev–Trinajstić information content (AvgIpc) is 4.22.